The molecular formula is C34H45N3O7S2. The van der Waals surface area contributed by atoms with E-state index in [9.17, 15) is 23.1 Å². The molecule has 4 atom stereocenters. The van der Waals surface area contributed by atoms with E-state index < -0.39 is 22.0 Å². The van der Waals surface area contributed by atoms with E-state index in [2.05, 4.69) is 4.72 Å². The average molecular weight is 672 g/mol. The molecule has 0 spiro atoms. The number of benzene rings is 2. The van der Waals surface area contributed by atoms with Gasteiger partial charge in [0.15, 0.2) is 0 Å². The molecule has 0 unspecified atom stereocenters. The van der Waals surface area contributed by atoms with Gasteiger partial charge >= 0.3 is 0 Å². The number of nitrogens with one attached hydrogen (secondary N) is 1. The summed E-state index contributed by atoms with van der Waals surface area (Å²) >= 11 is 1.10. The van der Waals surface area contributed by atoms with E-state index in [0.29, 0.717) is 18.9 Å². The fourth-order valence-electron chi connectivity index (χ4n) is 5.35. The molecule has 2 amide bonds. The predicted octanol–water partition coefficient (Wildman–Crippen LogP) is 5.05. The van der Waals surface area contributed by atoms with E-state index in [1.54, 1.807) is 47.4 Å². The molecule has 10 nitrogen and oxygen atoms in total. The Morgan fingerprint density at radius 3 is 2.59 bits per heavy atom. The highest BCUT2D eigenvalue weighted by molar-refractivity contribution is 7.94. The number of sulfonamides is 1. The lowest BCUT2D eigenvalue weighted by Gasteiger charge is -2.36. The van der Waals surface area contributed by atoms with Gasteiger partial charge in [-0.2, -0.15) is 0 Å². The lowest BCUT2D eigenvalue weighted by Crippen LogP contribution is -2.48. The molecule has 0 aliphatic carbocycles. The Hall–Kier alpha value is -3.45. The molecule has 2 N–H and O–H groups in total. The maximum absolute atomic E-state index is 14.3. The molecule has 4 rings (SSSR count). The summed E-state index contributed by atoms with van der Waals surface area (Å²) in [5, 5.41) is 11.9. The van der Waals surface area contributed by atoms with E-state index in [0.717, 1.165) is 36.2 Å². The van der Waals surface area contributed by atoms with Gasteiger partial charge in [-0.05, 0) is 68.3 Å². The van der Waals surface area contributed by atoms with Gasteiger partial charge in [-0.1, -0.05) is 43.3 Å². The second-order valence-electron chi connectivity index (χ2n) is 12.0. The molecule has 1 aliphatic heterocycles. The highest BCUT2D eigenvalue weighted by Crippen LogP contribution is 2.30. The minimum Gasteiger partial charge on any atom is -0.490 e. The summed E-state index contributed by atoms with van der Waals surface area (Å²) in [5.41, 5.74) is 1.35. The Kier molecular flexibility index (Phi) is 12.6. The molecule has 0 radical (unpaired) electrons. The monoisotopic (exact) mass is 671 g/mol. The minimum atomic E-state index is -3.85. The zero-order chi connectivity index (χ0) is 33.3. The zero-order valence-electron chi connectivity index (χ0n) is 26.9. The van der Waals surface area contributed by atoms with E-state index in [-0.39, 0.29) is 59.1 Å². The predicted molar refractivity (Wildman–Crippen MR) is 180 cm³/mol. The van der Waals surface area contributed by atoms with Crippen LogP contribution in [0, 0.1) is 5.92 Å². The van der Waals surface area contributed by atoms with Crippen molar-refractivity contribution in [2.45, 2.75) is 68.9 Å². The highest BCUT2D eigenvalue weighted by Gasteiger charge is 2.31. The van der Waals surface area contributed by atoms with Crippen molar-refractivity contribution in [3.05, 3.63) is 77.2 Å². The Morgan fingerprint density at radius 1 is 1.13 bits per heavy atom. The van der Waals surface area contributed by atoms with Crippen LogP contribution in [0.25, 0.3) is 0 Å². The maximum atomic E-state index is 14.3. The molecule has 12 heteroatoms. The first-order valence-corrected chi connectivity index (χ1v) is 18.0. The number of thiophene rings is 1. The standard InChI is InChI=1S/C34H45N3O7S2/c1-24-21-37(25(2)23-38)34(40)29-20-28(35-46(41,42)33-14-10-18-45-33)15-16-30(29)44-26(3)11-8-9-17-43-31(24)22-36(4)32(39)19-27-12-6-5-7-13-27/h5-7,10,12-16,18,20,24-26,31,35,38H,8-9,11,17,19,21-23H2,1-4H3/t24-,25-,26-,31+/m0/s1. The number of aliphatic hydroxyl groups is 1. The van der Waals surface area contributed by atoms with Gasteiger partial charge in [0.1, 0.15) is 9.96 Å². The Balaban J connectivity index is 1.62. The summed E-state index contributed by atoms with van der Waals surface area (Å²) in [4.78, 5) is 30.7. The number of aliphatic hydroxyl groups excluding tert-OH is 1. The number of hydrogen-bond donors (Lipinski definition) is 2. The molecule has 0 fully saturated rings. The number of carbonyl (C=O) groups is 2. The summed E-state index contributed by atoms with van der Waals surface area (Å²) in [6.07, 6.45) is 2.04. The van der Waals surface area contributed by atoms with Crippen LogP contribution in [0.5, 0.6) is 5.75 Å². The van der Waals surface area contributed by atoms with Crippen LogP contribution in [0.15, 0.2) is 70.3 Å². The summed E-state index contributed by atoms with van der Waals surface area (Å²) in [5.74, 6) is -0.306. The summed E-state index contributed by atoms with van der Waals surface area (Å²) < 4.78 is 41.3. The number of hydrogen-bond acceptors (Lipinski definition) is 8. The van der Waals surface area contributed by atoms with E-state index in [1.165, 1.54) is 12.1 Å². The maximum Gasteiger partial charge on any atom is 0.271 e. The van der Waals surface area contributed by atoms with Crippen LogP contribution in [-0.4, -0.2) is 86.7 Å². The Labute approximate surface area is 276 Å². The van der Waals surface area contributed by atoms with Crippen molar-refractivity contribution in [3.8, 4) is 5.75 Å². The smallest absolute Gasteiger partial charge is 0.271 e. The van der Waals surface area contributed by atoms with Crippen molar-refractivity contribution in [3.63, 3.8) is 0 Å². The zero-order valence-corrected chi connectivity index (χ0v) is 28.6. The second kappa shape index (κ2) is 16.4. The first-order valence-electron chi connectivity index (χ1n) is 15.7. The van der Waals surface area contributed by atoms with Crippen molar-refractivity contribution in [2.24, 2.45) is 5.92 Å². The van der Waals surface area contributed by atoms with E-state index in [1.807, 2.05) is 44.2 Å². The van der Waals surface area contributed by atoms with Crippen LogP contribution < -0.4 is 9.46 Å². The molecule has 0 saturated carbocycles. The molecule has 2 aromatic carbocycles. The van der Waals surface area contributed by atoms with Gasteiger partial charge in [0.25, 0.3) is 15.9 Å². The lowest BCUT2D eigenvalue weighted by molar-refractivity contribution is -0.131. The fourth-order valence-corrected chi connectivity index (χ4v) is 7.39. The second-order valence-corrected chi connectivity index (χ2v) is 14.8. The molecule has 0 saturated heterocycles. The van der Waals surface area contributed by atoms with Crippen molar-refractivity contribution in [1.29, 1.82) is 0 Å². The van der Waals surface area contributed by atoms with Crippen LogP contribution >= 0.6 is 11.3 Å². The lowest BCUT2D eigenvalue weighted by atomic mass is 10.0. The number of anilines is 1. The number of amides is 2. The van der Waals surface area contributed by atoms with Gasteiger partial charge in [-0.25, -0.2) is 8.42 Å². The Bertz CT molecular complexity index is 1530. The third-order valence-electron chi connectivity index (χ3n) is 8.14. The van der Waals surface area contributed by atoms with Crippen molar-refractivity contribution < 1.29 is 32.6 Å². The molecule has 3 aromatic rings. The fraction of sp³-hybridized carbons (Fsp3) is 0.471. The van der Waals surface area contributed by atoms with Crippen LogP contribution in [0.1, 0.15) is 56.0 Å². The van der Waals surface area contributed by atoms with Gasteiger partial charge in [-0.15, -0.1) is 11.3 Å². The number of likely N-dealkylation sites (N-methyl/N-ethyl adjacent to an activating group) is 1. The minimum absolute atomic E-state index is 0.0320. The van der Waals surface area contributed by atoms with E-state index >= 15 is 0 Å². The van der Waals surface area contributed by atoms with Gasteiger partial charge in [0.05, 0.1) is 36.8 Å². The molecular weight excluding hydrogens is 627 g/mol. The van der Waals surface area contributed by atoms with Gasteiger partial charge in [0.2, 0.25) is 5.91 Å². The van der Waals surface area contributed by atoms with Gasteiger partial charge in [-0.3, -0.25) is 14.3 Å². The molecule has 1 aliphatic rings. The molecule has 0 bridgehead atoms. The summed E-state index contributed by atoms with van der Waals surface area (Å²) in [6, 6.07) is 16.9. The quantitative estimate of drug-likeness (QED) is 0.326. The first-order chi connectivity index (χ1) is 22.0. The van der Waals surface area contributed by atoms with Gasteiger partial charge < -0.3 is 24.4 Å². The normalized spacial score (nSPS) is 20.6. The largest absolute Gasteiger partial charge is 0.490 e. The SMILES string of the molecule is C[C@H]1CCCCO[C@H](CN(C)C(=O)Cc2ccccc2)[C@@H](C)CN([C@@H](C)CO)C(=O)c2cc(NS(=O)(=O)c3cccs3)ccc2O1. The first kappa shape index (κ1) is 35.4. The van der Waals surface area contributed by atoms with Crippen molar-refractivity contribution >= 4 is 38.9 Å². The van der Waals surface area contributed by atoms with Gasteiger partial charge in [0, 0.05) is 38.3 Å². The Morgan fingerprint density at radius 2 is 1.89 bits per heavy atom. The van der Waals surface area contributed by atoms with Crippen molar-refractivity contribution in [2.75, 3.05) is 38.1 Å². The van der Waals surface area contributed by atoms with Crippen LogP contribution in [0.3, 0.4) is 0 Å². The average Bonchev–Trinajstić information content (AvgIpc) is 3.59. The molecule has 46 heavy (non-hydrogen) atoms. The molecule has 250 valence electrons. The third-order valence-corrected chi connectivity index (χ3v) is 10.9. The third kappa shape index (κ3) is 9.54. The molecule has 2 heterocycles. The van der Waals surface area contributed by atoms with Crippen LogP contribution in [-0.2, 0) is 26.0 Å². The van der Waals surface area contributed by atoms with E-state index in [4.69, 9.17) is 9.47 Å². The van der Waals surface area contributed by atoms with Crippen LogP contribution in [0.2, 0.25) is 0 Å². The van der Waals surface area contributed by atoms with Crippen LogP contribution in [0.4, 0.5) is 5.69 Å². The topological polar surface area (TPSA) is 125 Å². The number of ether oxygens (including phenoxy) is 2. The highest BCUT2D eigenvalue weighted by atomic mass is 32.2. The van der Waals surface area contributed by atoms with Crippen molar-refractivity contribution in [1.82, 2.24) is 9.80 Å². The number of carbonyl (C=O) groups excluding carboxylic acids is 2. The summed E-state index contributed by atoms with van der Waals surface area (Å²) in [7, 11) is -2.08. The summed E-state index contributed by atoms with van der Waals surface area (Å²) in [6.45, 7) is 6.44. The number of rotatable bonds is 9. The molecule has 1 aromatic heterocycles. The number of fused-ring (bicyclic) bond motifs is 1. The number of nitrogens with zero attached hydrogens (tertiary/aromatic N) is 2.